The van der Waals surface area contributed by atoms with Gasteiger partial charge in [0.25, 0.3) is 5.91 Å². The molecule has 27 heavy (non-hydrogen) atoms. The van der Waals surface area contributed by atoms with Crippen molar-refractivity contribution in [1.82, 2.24) is 5.32 Å². The minimum absolute atomic E-state index is 0.189. The van der Waals surface area contributed by atoms with E-state index >= 15 is 0 Å². The zero-order chi connectivity index (χ0) is 19.8. The van der Waals surface area contributed by atoms with Gasteiger partial charge in [-0.05, 0) is 31.2 Å². The molecule has 1 N–H and O–H groups in total. The summed E-state index contributed by atoms with van der Waals surface area (Å²) in [6.07, 6.45) is 0. The minimum atomic E-state index is -0.299. The largest absolute Gasteiger partial charge is 0.497 e. The topological polar surface area (TPSA) is 89.8 Å². The summed E-state index contributed by atoms with van der Waals surface area (Å²) < 4.78 is 21.3. The molecule has 0 aliphatic heterocycles. The number of nitrogens with zero attached hydrogens (tertiary/aromatic N) is 1. The van der Waals surface area contributed by atoms with E-state index in [1.165, 1.54) is 7.11 Å². The monoisotopic (exact) mass is 370 g/mol. The molecule has 2 rings (SSSR count). The zero-order valence-electron chi connectivity index (χ0n) is 15.7. The molecule has 1 atom stereocenters. The number of amides is 1. The van der Waals surface area contributed by atoms with E-state index in [1.54, 1.807) is 44.6 Å². The van der Waals surface area contributed by atoms with Crippen molar-refractivity contribution in [1.29, 1.82) is 5.26 Å². The molecule has 0 spiro atoms. The maximum absolute atomic E-state index is 12.3. The molecule has 0 aliphatic rings. The number of rotatable bonds is 8. The smallest absolute Gasteiger partial charge is 0.258 e. The van der Waals surface area contributed by atoms with E-state index in [2.05, 4.69) is 5.32 Å². The molecule has 0 saturated carbocycles. The van der Waals surface area contributed by atoms with Crippen molar-refractivity contribution in [3.8, 4) is 29.1 Å². The van der Waals surface area contributed by atoms with Gasteiger partial charge in [-0.25, -0.2) is 0 Å². The van der Waals surface area contributed by atoms with Gasteiger partial charge in [0.1, 0.15) is 11.5 Å². The third kappa shape index (κ3) is 5.05. The molecule has 2 aromatic carbocycles. The normalized spacial score (nSPS) is 11.1. The summed E-state index contributed by atoms with van der Waals surface area (Å²) in [4.78, 5) is 12.3. The van der Waals surface area contributed by atoms with Crippen LogP contribution >= 0.6 is 0 Å². The van der Waals surface area contributed by atoms with Gasteiger partial charge >= 0.3 is 0 Å². The Morgan fingerprint density at radius 1 is 1.04 bits per heavy atom. The van der Waals surface area contributed by atoms with E-state index in [1.807, 2.05) is 19.1 Å². The maximum Gasteiger partial charge on any atom is 0.258 e. The zero-order valence-corrected chi connectivity index (χ0v) is 15.7. The van der Waals surface area contributed by atoms with Crippen molar-refractivity contribution in [2.75, 3.05) is 27.9 Å². The first kappa shape index (κ1) is 19.9. The molecule has 1 amide bonds. The summed E-state index contributed by atoms with van der Waals surface area (Å²) in [5.41, 5.74) is 1.27. The molecule has 7 nitrogen and oxygen atoms in total. The number of hydrogen-bond acceptors (Lipinski definition) is 6. The highest BCUT2D eigenvalue weighted by Crippen LogP contribution is 2.30. The molecule has 2 aromatic rings. The highest BCUT2D eigenvalue weighted by atomic mass is 16.5. The van der Waals surface area contributed by atoms with Gasteiger partial charge in [0.2, 0.25) is 0 Å². The van der Waals surface area contributed by atoms with Crippen LogP contribution < -0.4 is 24.3 Å². The van der Waals surface area contributed by atoms with E-state index in [0.717, 1.165) is 5.56 Å². The van der Waals surface area contributed by atoms with E-state index < -0.39 is 0 Å². The second kappa shape index (κ2) is 9.34. The molecule has 0 heterocycles. The van der Waals surface area contributed by atoms with Crippen molar-refractivity contribution in [2.45, 2.75) is 13.0 Å². The molecule has 0 saturated heterocycles. The van der Waals surface area contributed by atoms with Crippen LogP contribution in [0.5, 0.6) is 23.0 Å². The van der Waals surface area contributed by atoms with E-state index in [0.29, 0.717) is 28.6 Å². The SMILES string of the molecule is COc1ccc(C(C)NC(=O)COc2ccc(C#N)cc2OC)c(OC)c1. The van der Waals surface area contributed by atoms with Crippen LogP contribution in [0.15, 0.2) is 36.4 Å². The highest BCUT2D eigenvalue weighted by Gasteiger charge is 2.16. The van der Waals surface area contributed by atoms with Gasteiger partial charge in [0.15, 0.2) is 18.1 Å². The second-order valence-electron chi connectivity index (χ2n) is 5.66. The molecular formula is C20H22N2O5. The first-order valence-electron chi connectivity index (χ1n) is 8.24. The summed E-state index contributed by atoms with van der Waals surface area (Å²) in [5.74, 6) is 1.78. The fourth-order valence-corrected chi connectivity index (χ4v) is 2.54. The van der Waals surface area contributed by atoms with Gasteiger partial charge in [-0.3, -0.25) is 4.79 Å². The first-order valence-corrected chi connectivity index (χ1v) is 8.24. The quantitative estimate of drug-likeness (QED) is 0.768. The van der Waals surface area contributed by atoms with E-state index in [4.69, 9.17) is 24.2 Å². The number of carbonyl (C=O) groups excluding carboxylic acids is 1. The Balaban J connectivity index is 2.01. The van der Waals surface area contributed by atoms with Crippen LogP contribution in [0.2, 0.25) is 0 Å². The third-order valence-electron chi connectivity index (χ3n) is 3.94. The highest BCUT2D eigenvalue weighted by molar-refractivity contribution is 5.78. The van der Waals surface area contributed by atoms with Crippen LogP contribution in [0.25, 0.3) is 0 Å². The van der Waals surface area contributed by atoms with Crippen molar-refractivity contribution in [3.63, 3.8) is 0 Å². The van der Waals surface area contributed by atoms with Gasteiger partial charge in [-0.15, -0.1) is 0 Å². The van der Waals surface area contributed by atoms with Crippen LogP contribution in [0.3, 0.4) is 0 Å². The van der Waals surface area contributed by atoms with Crippen LogP contribution in [-0.2, 0) is 4.79 Å². The summed E-state index contributed by atoms with van der Waals surface area (Å²) in [6.45, 7) is 1.66. The standard InChI is InChI=1S/C20H22N2O5/c1-13(16-7-6-15(24-2)10-18(16)25-3)22-20(23)12-27-17-8-5-14(11-21)9-19(17)26-4/h5-10,13H,12H2,1-4H3,(H,22,23). The Bertz CT molecular complexity index is 845. The third-order valence-corrected chi connectivity index (χ3v) is 3.94. The summed E-state index contributed by atoms with van der Waals surface area (Å²) >= 11 is 0. The molecule has 0 aromatic heterocycles. The number of methoxy groups -OCH3 is 3. The van der Waals surface area contributed by atoms with Crippen molar-refractivity contribution in [3.05, 3.63) is 47.5 Å². The first-order chi connectivity index (χ1) is 13.0. The Kier molecular flexibility index (Phi) is 6.89. The predicted octanol–water partition coefficient (Wildman–Crippen LogP) is 2.84. The Labute approximate surface area is 158 Å². The van der Waals surface area contributed by atoms with Crippen LogP contribution in [0, 0.1) is 11.3 Å². The number of nitriles is 1. The summed E-state index contributed by atoms with van der Waals surface area (Å²) in [5, 5.41) is 11.8. The lowest BCUT2D eigenvalue weighted by Gasteiger charge is -2.18. The number of hydrogen-bond donors (Lipinski definition) is 1. The summed E-state index contributed by atoms with van der Waals surface area (Å²) in [6, 6.07) is 11.9. The van der Waals surface area contributed by atoms with E-state index in [-0.39, 0.29) is 18.6 Å². The fraction of sp³-hybridized carbons (Fsp3) is 0.300. The molecule has 1 unspecified atom stereocenters. The lowest BCUT2D eigenvalue weighted by Crippen LogP contribution is -2.31. The van der Waals surface area contributed by atoms with Crippen molar-refractivity contribution in [2.24, 2.45) is 0 Å². The fourth-order valence-electron chi connectivity index (χ4n) is 2.54. The average Bonchev–Trinajstić information content (AvgIpc) is 2.71. The molecule has 7 heteroatoms. The van der Waals surface area contributed by atoms with Crippen molar-refractivity contribution < 1.29 is 23.7 Å². The second-order valence-corrected chi connectivity index (χ2v) is 5.66. The number of nitrogens with one attached hydrogen (secondary N) is 1. The van der Waals surface area contributed by atoms with Gasteiger partial charge in [-0.1, -0.05) is 0 Å². The summed E-state index contributed by atoms with van der Waals surface area (Å²) in [7, 11) is 4.61. The van der Waals surface area contributed by atoms with Gasteiger partial charge < -0.3 is 24.3 Å². The molecule has 0 bridgehead atoms. The molecule has 0 aliphatic carbocycles. The van der Waals surface area contributed by atoms with Crippen molar-refractivity contribution >= 4 is 5.91 Å². The molecule has 0 fully saturated rings. The van der Waals surface area contributed by atoms with Gasteiger partial charge in [0.05, 0.1) is 39.0 Å². The molecule has 142 valence electrons. The molecular weight excluding hydrogens is 348 g/mol. The Morgan fingerprint density at radius 2 is 1.78 bits per heavy atom. The lowest BCUT2D eigenvalue weighted by molar-refractivity contribution is -0.123. The Hall–Kier alpha value is -3.40. The molecule has 0 radical (unpaired) electrons. The lowest BCUT2D eigenvalue weighted by atomic mass is 10.1. The van der Waals surface area contributed by atoms with Crippen LogP contribution in [0.1, 0.15) is 24.1 Å². The predicted molar refractivity (Wildman–Crippen MR) is 99.3 cm³/mol. The average molecular weight is 370 g/mol. The van der Waals surface area contributed by atoms with Gasteiger partial charge in [0, 0.05) is 17.7 Å². The van der Waals surface area contributed by atoms with Crippen LogP contribution in [0.4, 0.5) is 0 Å². The van der Waals surface area contributed by atoms with Crippen LogP contribution in [-0.4, -0.2) is 33.8 Å². The number of ether oxygens (including phenoxy) is 4. The van der Waals surface area contributed by atoms with E-state index in [9.17, 15) is 4.79 Å². The Morgan fingerprint density at radius 3 is 2.41 bits per heavy atom. The number of benzene rings is 2. The minimum Gasteiger partial charge on any atom is -0.497 e. The number of carbonyl (C=O) groups is 1. The maximum atomic E-state index is 12.3. The van der Waals surface area contributed by atoms with Gasteiger partial charge in [-0.2, -0.15) is 5.26 Å².